The molecule has 0 aliphatic carbocycles. The van der Waals surface area contributed by atoms with Crippen molar-refractivity contribution in [3.8, 4) is 0 Å². The van der Waals surface area contributed by atoms with E-state index >= 15 is 0 Å². The number of aliphatic carboxylic acids is 1. The number of likely N-dealkylation sites (N-methyl/N-ethyl adjacent to an activating group) is 1. The molecule has 1 aliphatic rings. The highest BCUT2D eigenvalue weighted by Crippen LogP contribution is 2.03. The smallest absolute Gasteiger partial charge is 0.326 e. The highest BCUT2D eigenvalue weighted by Gasteiger charge is 2.25. The lowest BCUT2D eigenvalue weighted by atomic mass is 10.2. The molecule has 1 rings (SSSR count). The Bertz CT molecular complexity index is 345. The fraction of sp³-hybridized carbons (Fsp3) is 0.727. The molecular weight excluding hydrogens is 238 g/mol. The number of amides is 3. The Hall–Kier alpha value is -1.79. The molecule has 2 N–H and O–H groups in total. The van der Waals surface area contributed by atoms with Crippen LogP contribution in [0, 0.1) is 0 Å². The van der Waals surface area contributed by atoms with E-state index in [1.54, 1.807) is 18.9 Å². The van der Waals surface area contributed by atoms with Crippen molar-refractivity contribution < 1.29 is 19.5 Å². The van der Waals surface area contributed by atoms with Crippen LogP contribution in [0.2, 0.25) is 0 Å². The number of hydrogen-bond donors (Lipinski definition) is 2. The van der Waals surface area contributed by atoms with Crippen molar-refractivity contribution in [2.75, 3.05) is 26.7 Å². The van der Waals surface area contributed by atoms with E-state index in [1.165, 1.54) is 4.90 Å². The third-order valence-electron chi connectivity index (χ3n) is 2.96. The second kappa shape index (κ2) is 6.23. The van der Waals surface area contributed by atoms with Crippen LogP contribution in [0.1, 0.15) is 19.8 Å². The predicted molar refractivity (Wildman–Crippen MR) is 64.1 cm³/mol. The second-order valence-corrected chi connectivity index (χ2v) is 4.34. The maximum atomic E-state index is 11.9. The number of hydrogen-bond acceptors (Lipinski definition) is 3. The van der Waals surface area contributed by atoms with Crippen LogP contribution < -0.4 is 5.32 Å². The summed E-state index contributed by atoms with van der Waals surface area (Å²) in [5.74, 6) is -1.20. The topological polar surface area (TPSA) is 90.0 Å². The van der Waals surface area contributed by atoms with Gasteiger partial charge in [0.1, 0.15) is 12.6 Å². The van der Waals surface area contributed by atoms with E-state index in [2.05, 4.69) is 5.32 Å². The number of carboxylic acid groups (broad SMARTS) is 1. The van der Waals surface area contributed by atoms with Gasteiger partial charge in [-0.05, 0) is 12.8 Å². The minimum absolute atomic E-state index is 0.00160. The van der Waals surface area contributed by atoms with Crippen molar-refractivity contribution in [3.63, 3.8) is 0 Å². The van der Waals surface area contributed by atoms with Gasteiger partial charge in [-0.1, -0.05) is 6.92 Å². The molecule has 18 heavy (non-hydrogen) atoms. The lowest BCUT2D eigenvalue weighted by Gasteiger charge is -2.22. The molecule has 1 unspecified atom stereocenters. The lowest BCUT2D eigenvalue weighted by Crippen LogP contribution is -2.49. The van der Waals surface area contributed by atoms with E-state index in [9.17, 15) is 14.4 Å². The van der Waals surface area contributed by atoms with E-state index in [4.69, 9.17) is 5.11 Å². The minimum atomic E-state index is -1.07. The third-order valence-corrected chi connectivity index (χ3v) is 2.96. The Balaban J connectivity index is 2.60. The largest absolute Gasteiger partial charge is 0.480 e. The normalized spacial score (nSPS) is 18.2. The second-order valence-electron chi connectivity index (χ2n) is 4.34. The Labute approximate surface area is 106 Å². The maximum Gasteiger partial charge on any atom is 0.326 e. The van der Waals surface area contributed by atoms with Crippen LogP contribution in [0.4, 0.5) is 4.79 Å². The summed E-state index contributed by atoms with van der Waals surface area (Å²) < 4.78 is 0. The van der Waals surface area contributed by atoms with Gasteiger partial charge in [0, 0.05) is 20.1 Å². The molecule has 1 aliphatic heterocycles. The van der Waals surface area contributed by atoms with Gasteiger partial charge in [-0.15, -0.1) is 0 Å². The quantitative estimate of drug-likeness (QED) is 0.728. The van der Waals surface area contributed by atoms with Gasteiger partial charge in [0.25, 0.3) is 0 Å². The van der Waals surface area contributed by atoms with Crippen LogP contribution in [0.25, 0.3) is 0 Å². The zero-order valence-electron chi connectivity index (χ0n) is 10.7. The molecule has 1 fully saturated rings. The summed E-state index contributed by atoms with van der Waals surface area (Å²) in [5, 5.41) is 11.3. The van der Waals surface area contributed by atoms with E-state index in [0.717, 1.165) is 0 Å². The fourth-order valence-electron chi connectivity index (χ4n) is 1.74. The zero-order chi connectivity index (χ0) is 13.7. The Morgan fingerprint density at radius 2 is 2.11 bits per heavy atom. The molecule has 1 atom stereocenters. The van der Waals surface area contributed by atoms with Crippen molar-refractivity contribution in [1.29, 1.82) is 0 Å². The third kappa shape index (κ3) is 3.61. The van der Waals surface area contributed by atoms with Crippen molar-refractivity contribution >= 4 is 17.9 Å². The monoisotopic (exact) mass is 257 g/mol. The van der Waals surface area contributed by atoms with Gasteiger partial charge >= 0.3 is 12.0 Å². The van der Waals surface area contributed by atoms with Gasteiger partial charge in [-0.3, -0.25) is 4.79 Å². The van der Waals surface area contributed by atoms with Gasteiger partial charge in [-0.2, -0.15) is 0 Å². The summed E-state index contributed by atoms with van der Waals surface area (Å²) in [7, 11) is 1.69. The summed E-state index contributed by atoms with van der Waals surface area (Å²) in [6.07, 6.45) is 1.00. The van der Waals surface area contributed by atoms with Crippen molar-refractivity contribution in [2.24, 2.45) is 0 Å². The predicted octanol–water partition coefficient (Wildman–Crippen LogP) is -0.277. The van der Waals surface area contributed by atoms with Crippen molar-refractivity contribution in [2.45, 2.75) is 25.8 Å². The number of rotatable bonds is 3. The average molecular weight is 257 g/mol. The van der Waals surface area contributed by atoms with Crippen LogP contribution >= 0.6 is 0 Å². The number of carboxylic acids is 1. The lowest BCUT2D eigenvalue weighted by molar-refractivity contribution is -0.139. The molecule has 102 valence electrons. The molecule has 0 radical (unpaired) electrons. The van der Waals surface area contributed by atoms with E-state index in [1.807, 2.05) is 0 Å². The van der Waals surface area contributed by atoms with Crippen molar-refractivity contribution in [1.82, 2.24) is 15.1 Å². The van der Waals surface area contributed by atoms with Gasteiger partial charge in [0.2, 0.25) is 5.91 Å². The van der Waals surface area contributed by atoms with Crippen LogP contribution in [0.15, 0.2) is 0 Å². The molecule has 0 aromatic heterocycles. The number of nitrogens with one attached hydrogen (secondary N) is 1. The maximum absolute atomic E-state index is 11.9. The first-order valence-electron chi connectivity index (χ1n) is 5.98. The summed E-state index contributed by atoms with van der Waals surface area (Å²) in [6.45, 7) is 2.75. The SMILES string of the molecule is CCC(NC(=O)N1CCCN(C)C(=O)C1)C(=O)O. The molecule has 3 amide bonds. The van der Waals surface area contributed by atoms with Gasteiger partial charge in [0.05, 0.1) is 0 Å². The Morgan fingerprint density at radius 3 is 2.67 bits per heavy atom. The number of nitrogens with zero attached hydrogens (tertiary/aromatic N) is 2. The highest BCUT2D eigenvalue weighted by atomic mass is 16.4. The van der Waals surface area contributed by atoms with Crippen LogP contribution in [0.3, 0.4) is 0 Å². The van der Waals surface area contributed by atoms with Gasteiger partial charge in [-0.25, -0.2) is 9.59 Å². The molecule has 0 spiro atoms. The van der Waals surface area contributed by atoms with Crippen LogP contribution in [-0.2, 0) is 9.59 Å². The summed E-state index contributed by atoms with van der Waals surface area (Å²) >= 11 is 0. The van der Waals surface area contributed by atoms with E-state index < -0.39 is 18.0 Å². The average Bonchev–Trinajstić information content (AvgIpc) is 2.48. The summed E-state index contributed by atoms with van der Waals surface area (Å²) in [5.41, 5.74) is 0. The number of urea groups is 1. The fourth-order valence-corrected chi connectivity index (χ4v) is 1.74. The zero-order valence-corrected chi connectivity index (χ0v) is 10.7. The molecule has 0 aromatic rings. The standard InChI is InChI=1S/C11H19N3O4/c1-3-8(10(16)17)12-11(18)14-6-4-5-13(2)9(15)7-14/h8H,3-7H2,1-2H3,(H,12,18)(H,16,17). The first kappa shape index (κ1) is 14.3. The summed E-state index contributed by atoms with van der Waals surface area (Å²) in [4.78, 5) is 37.2. The highest BCUT2D eigenvalue weighted by molar-refractivity contribution is 5.86. The van der Waals surface area contributed by atoms with Crippen LogP contribution in [0.5, 0.6) is 0 Å². The molecule has 0 saturated carbocycles. The van der Waals surface area contributed by atoms with Crippen LogP contribution in [-0.4, -0.2) is 65.5 Å². The van der Waals surface area contributed by atoms with Gasteiger partial charge in [0.15, 0.2) is 0 Å². The molecule has 1 saturated heterocycles. The molecular formula is C11H19N3O4. The molecule has 7 nitrogen and oxygen atoms in total. The Kier molecular flexibility index (Phi) is 4.94. The first-order valence-corrected chi connectivity index (χ1v) is 5.98. The van der Waals surface area contributed by atoms with E-state index in [-0.39, 0.29) is 12.5 Å². The van der Waals surface area contributed by atoms with E-state index in [0.29, 0.717) is 25.9 Å². The number of carbonyl (C=O) groups is 3. The molecule has 7 heteroatoms. The molecule has 0 bridgehead atoms. The molecule has 0 aromatic carbocycles. The first-order chi connectivity index (χ1) is 8.45. The Morgan fingerprint density at radius 1 is 1.44 bits per heavy atom. The van der Waals surface area contributed by atoms with Crippen molar-refractivity contribution in [3.05, 3.63) is 0 Å². The number of carbonyl (C=O) groups excluding carboxylic acids is 2. The summed E-state index contributed by atoms with van der Waals surface area (Å²) in [6, 6.07) is -1.40. The molecule has 1 heterocycles. The van der Waals surface area contributed by atoms with Gasteiger partial charge < -0.3 is 20.2 Å². The minimum Gasteiger partial charge on any atom is -0.480 e.